The molecule has 1 fully saturated rings. The van der Waals surface area contributed by atoms with Gasteiger partial charge < -0.3 is 4.42 Å². The summed E-state index contributed by atoms with van der Waals surface area (Å²) in [7, 11) is 0. The number of rotatable bonds is 5. The van der Waals surface area contributed by atoms with Crippen molar-refractivity contribution >= 4 is 44.7 Å². The molecule has 0 spiro atoms. The van der Waals surface area contributed by atoms with Gasteiger partial charge in [0, 0.05) is 22.5 Å². The average Bonchev–Trinajstić information content (AvgIpc) is 2.76. The maximum absolute atomic E-state index is 12.4. The van der Waals surface area contributed by atoms with Gasteiger partial charge in [-0.15, -0.1) is 0 Å². The van der Waals surface area contributed by atoms with Crippen molar-refractivity contribution in [3.63, 3.8) is 0 Å². The molecule has 1 aliphatic heterocycles. The normalized spacial score (nSPS) is 14.9. The summed E-state index contributed by atoms with van der Waals surface area (Å²) in [6, 6.07) is 5.70. The number of fused-ring (bicyclic) bond motifs is 1. The van der Waals surface area contributed by atoms with Crippen LogP contribution in [0.4, 0.5) is 4.79 Å². The van der Waals surface area contributed by atoms with Crippen molar-refractivity contribution in [2.75, 3.05) is 6.54 Å². The zero-order chi connectivity index (χ0) is 18.1. The van der Waals surface area contributed by atoms with Crippen molar-refractivity contribution in [3.8, 4) is 0 Å². The summed E-state index contributed by atoms with van der Waals surface area (Å²) in [5.74, 6) is -1.70. The van der Waals surface area contributed by atoms with Gasteiger partial charge in [0.2, 0.25) is 0 Å². The molecule has 3 rings (SSSR count). The maximum atomic E-state index is 12.4. The summed E-state index contributed by atoms with van der Waals surface area (Å²) in [5.41, 5.74) is 0.199. The molecule has 7 nitrogen and oxygen atoms in total. The first-order chi connectivity index (χ1) is 11.9. The van der Waals surface area contributed by atoms with Gasteiger partial charge in [-0.1, -0.05) is 29.3 Å². The monoisotopic (exact) mass is 406 g/mol. The molecular formula is C17H15BrN2O5. The molecule has 2 heterocycles. The number of hydrogen-bond donors (Lipinski definition) is 0. The third-order valence-electron chi connectivity index (χ3n) is 3.99. The van der Waals surface area contributed by atoms with E-state index in [1.807, 2.05) is 6.92 Å². The van der Waals surface area contributed by atoms with Crippen LogP contribution in [0.25, 0.3) is 11.0 Å². The standard InChI is InChI=1S/C17H15BrN2O5/c1-2-3-6-19-15(22)16(23)20(17(19)24)9-10-7-14(21)25-13-8-11(18)4-5-12(10)13/h4-5,7-8H,2-3,6,9H2,1H3. The summed E-state index contributed by atoms with van der Waals surface area (Å²) < 4.78 is 5.88. The molecule has 0 atom stereocenters. The molecule has 1 aliphatic rings. The van der Waals surface area contributed by atoms with Crippen molar-refractivity contribution < 1.29 is 18.8 Å². The van der Waals surface area contributed by atoms with E-state index in [1.165, 1.54) is 6.07 Å². The SMILES string of the molecule is CCCCN1C(=O)C(=O)N(Cc2cc(=O)oc3cc(Br)ccc23)C1=O. The Morgan fingerprint density at radius 3 is 2.48 bits per heavy atom. The van der Waals surface area contributed by atoms with Crippen LogP contribution in [0.5, 0.6) is 0 Å². The van der Waals surface area contributed by atoms with Crippen LogP contribution in [-0.4, -0.2) is 34.2 Å². The molecule has 0 N–H and O–H groups in total. The number of urea groups is 1. The van der Waals surface area contributed by atoms with Gasteiger partial charge in [0.05, 0.1) is 6.54 Å². The quantitative estimate of drug-likeness (QED) is 0.432. The van der Waals surface area contributed by atoms with Crippen LogP contribution >= 0.6 is 15.9 Å². The molecule has 1 saturated heterocycles. The fraction of sp³-hybridized carbons (Fsp3) is 0.294. The lowest BCUT2D eigenvalue weighted by Gasteiger charge is -2.16. The Kier molecular flexibility index (Phi) is 4.71. The Labute approximate surface area is 151 Å². The minimum absolute atomic E-state index is 0.157. The van der Waals surface area contributed by atoms with E-state index < -0.39 is 23.5 Å². The third-order valence-corrected chi connectivity index (χ3v) is 4.48. The fourth-order valence-corrected chi connectivity index (χ4v) is 3.05. The lowest BCUT2D eigenvalue weighted by Crippen LogP contribution is -2.33. The highest BCUT2D eigenvalue weighted by Crippen LogP contribution is 2.24. The summed E-state index contributed by atoms with van der Waals surface area (Å²) in [5, 5.41) is 0.600. The fourth-order valence-electron chi connectivity index (χ4n) is 2.71. The zero-order valence-electron chi connectivity index (χ0n) is 13.5. The van der Waals surface area contributed by atoms with E-state index >= 15 is 0 Å². The second-order valence-electron chi connectivity index (χ2n) is 5.72. The van der Waals surface area contributed by atoms with E-state index in [0.717, 1.165) is 20.7 Å². The molecule has 0 unspecified atom stereocenters. The van der Waals surface area contributed by atoms with Crippen molar-refractivity contribution in [3.05, 3.63) is 44.7 Å². The van der Waals surface area contributed by atoms with Crippen LogP contribution in [0.15, 0.2) is 37.9 Å². The zero-order valence-corrected chi connectivity index (χ0v) is 15.0. The summed E-state index contributed by atoms with van der Waals surface area (Å²) in [6.07, 6.45) is 1.43. The Hall–Kier alpha value is -2.48. The first-order valence-corrected chi connectivity index (χ1v) is 8.61. The number of nitrogens with zero attached hydrogens (tertiary/aromatic N) is 2. The second-order valence-corrected chi connectivity index (χ2v) is 6.63. The van der Waals surface area contributed by atoms with Crippen LogP contribution in [-0.2, 0) is 16.1 Å². The smallest absolute Gasteiger partial charge is 0.336 e. The lowest BCUT2D eigenvalue weighted by molar-refractivity contribution is -0.143. The van der Waals surface area contributed by atoms with E-state index in [2.05, 4.69) is 15.9 Å². The molecule has 0 bridgehead atoms. The first-order valence-electron chi connectivity index (χ1n) is 7.82. The number of amides is 4. The molecule has 4 amide bonds. The van der Waals surface area contributed by atoms with Crippen molar-refractivity contribution in [1.29, 1.82) is 0 Å². The highest BCUT2D eigenvalue weighted by molar-refractivity contribution is 9.10. The van der Waals surface area contributed by atoms with E-state index in [4.69, 9.17) is 4.42 Å². The average molecular weight is 407 g/mol. The van der Waals surface area contributed by atoms with Gasteiger partial charge in [-0.25, -0.2) is 9.59 Å². The van der Waals surface area contributed by atoms with Crippen LogP contribution in [0.3, 0.4) is 0 Å². The number of benzene rings is 1. The molecule has 8 heteroatoms. The molecule has 0 saturated carbocycles. The minimum Gasteiger partial charge on any atom is -0.423 e. The van der Waals surface area contributed by atoms with Gasteiger partial charge >= 0.3 is 23.5 Å². The Bertz CT molecular complexity index is 936. The van der Waals surface area contributed by atoms with Crippen molar-refractivity contribution in [2.45, 2.75) is 26.3 Å². The van der Waals surface area contributed by atoms with E-state index in [0.29, 0.717) is 23.0 Å². The third kappa shape index (κ3) is 3.21. The molecule has 0 aliphatic carbocycles. The summed E-state index contributed by atoms with van der Waals surface area (Å²) in [4.78, 5) is 50.2. The first kappa shape index (κ1) is 17.3. The number of halogens is 1. The predicted molar refractivity (Wildman–Crippen MR) is 92.8 cm³/mol. The molecule has 1 aromatic carbocycles. The topological polar surface area (TPSA) is 87.9 Å². The summed E-state index contributed by atoms with van der Waals surface area (Å²) >= 11 is 3.30. The molecular weight excluding hydrogens is 392 g/mol. The Morgan fingerprint density at radius 2 is 1.76 bits per heavy atom. The second kappa shape index (κ2) is 6.79. The number of unbranched alkanes of at least 4 members (excludes halogenated alkanes) is 1. The summed E-state index contributed by atoms with van der Waals surface area (Å²) in [6.45, 7) is 1.98. The largest absolute Gasteiger partial charge is 0.423 e. The molecule has 2 aromatic rings. The van der Waals surface area contributed by atoms with E-state index in [9.17, 15) is 19.2 Å². The van der Waals surface area contributed by atoms with Gasteiger partial charge in [-0.05, 0) is 30.2 Å². The van der Waals surface area contributed by atoms with Gasteiger partial charge in [0.1, 0.15) is 5.58 Å². The van der Waals surface area contributed by atoms with Gasteiger partial charge in [-0.2, -0.15) is 0 Å². The van der Waals surface area contributed by atoms with Gasteiger partial charge in [-0.3, -0.25) is 19.4 Å². The highest BCUT2D eigenvalue weighted by Gasteiger charge is 2.44. The number of carbonyl (C=O) groups is 3. The molecule has 0 radical (unpaired) electrons. The van der Waals surface area contributed by atoms with Gasteiger partial charge in [0.15, 0.2) is 0 Å². The maximum Gasteiger partial charge on any atom is 0.336 e. The molecule has 25 heavy (non-hydrogen) atoms. The lowest BCUT2D eigenvalue weighted by atomic mass is 10.1. The predicted octanol–water partition coefficient (Wildman–Crippen LogP) is 2.65. The van der Waals surface area contributed by atoms with E-state index in [-0.39, 0.29) is 13.1 Å². The number of hydrogen-bond acceptors (Lipinski definition) is 5. The van der Waals surface area contributed by atoms with Crippen LogP contribution in [0.1, 0.15) is 25.3 Å². The van der Waals surface area contributed by atoms with Crippen molar-refractivity contribution in [2.24, 2.45) is 0 Å². The van der Waals surface area contributed by atoms with Crippen LogP contribution in [0, 0.1) is 0 Å². The van der Waals surface area contributed by atoms with Crippen LogP contribution < -0.4 is 5.63 Å². The van der Waals surface area contributed by atoms with Gasteiger partial charge in [0.25, 0.3) is 0 Å². The number of imide groups is 2. The van der Waals surface area contributed by atoms with Crippen LogP contribution in [0.2, 0.25) is 0 Å². The van der Waals surface area contributed by atoms with E-state index in [1.54, 1.807) is 18.2 Å². The minimum atomic E-state index is -0.875. The molecule has 130 valence electrons. The Balaban J connectivity index is 1.96. The highest BCUT2D eigenvalue weighted by atomic mass is 79.9. The number of carbonyl (C=O) groups excluding carboxylic acids is 3. The van der Waals surface area contributed by atoms with Crippen molar-refractivity contribution in [1.82, 2.24) is 9.80 Å². The molecule has 1 aromatic heterocycles. The Morgan fingerprint density at radius 1 is 1.04 bits per heavy atom.